The minimum absolute atomic E-state index is 0.0742. The Kier molecular flexibility index (Phi) is 3.06. The summed E-state index contributed by atoms with van der Waals surface area (Å²) in [4.78, 5) is 23.2. The van der Waals surface area contributed by atoms with Crippen molar-refractivity contribution in [3.05, 3.63) is 76.9 Å². The second kappa shape index (κ2) is 4.90. The molecule has 2 N–H and O–H groups in total. The van der Waals surface area contributed by atoms with Gasteiger partial charge in [0.15, 0.2) is 0 Å². The quantitative estimate of drug-likeness (QED) is 0.906. The van der Waals surface area contributed by atoms with E-state index in [2.05, 4.69) is 0 Å². The molecule has 0 fully saturated rings. The van der Waals surface area contributed by atoms with E-state index in [0.717, 1.165) is 0 Å². The van der Waals surface area contributed by atoms with Gasteiger partial charge in [0.05, 0.1) is 5.57 Å². The van der Waals surface area contributed by atoms with Crippen LogP contribution in [0.3, 0.4) is 0 Å². The molecule has 0 bridgehead atoms. The van der Waals surface area contributed by atoms with E-state index >= 15 is 0 Å². The SMILES string of the molecule is O=C(O)C1=C(c2ccccc2)c2ccccc2C1C(=O)O. The number of hydrogen-bond donors (Lipinski definition) is 2. The van der Waals surface area contributed by atoms with Gasteiger partial charge in [0, 0.05) is 5.57 Å². The zero-order valence-electron chi connectivity index (χ0n) is 11.0. The van der Waals surface area contributed by atoms with E-state index in [1.807, 2.05) is 6.07 Å². The summed E-state index contributed by atoms with van der Waals surface area (Å²) in [5.74, 6) is -3.47. The van der Waals surface area contributed by atoms with E-state index < -0.39 is 17.9 Å². The molecule has 0 aromatic heterocycles. The van der Waals surface area contributed by atoms with Crippen LogP contribution in [0.2, 0.25) is 0 Å². The van der Waals surface area contributed by atoms with E-state index in [0.29, 0.717) is 22.3 Å². The van der Waals surface area contributed by atoms with Crippen molar-refractivity contribution in [3.63, 3.8) is 0 Å². The van der Waals surface area contributed by atoms with Crippen molar-refractivity contribution in [2.75, 3.05) is 0 Å². The summed E-state index contributed by atoms with van der Waals surface area (Å²) < 4.78 is 0. The monoisotopic (exact) mass is 280 g/mol. The Balaban J connectivity index is 2.34. The van der Waals surface area contributed by atoms with Crippen LogP contribution in [0, 0.1) is 0 Å². The first-order valence-electron chi connectivity index (χ1n) is 6.46. The van der Waals surface area contributed by atoms with Gasteiger partial charge < -0.3 is 10.2 Å². The fourth-order valence-electron chi connectivity index (χ4n) is 2.82. The maximum atomic E-state index is 11.6. The molecule has 2 aromatic rings. The van der Waals surface area contributed by atoms with Crippen LogP contribution < -0.4 is 0 Å². The molecule has 0 saturated carbocycles. The van der Waals surface area contributed by atoms with E-state index in [-0.39, 0.29) is 5.57 Å². The minimum atomic E-state index is -1.20. The van der Waals surface area contributed by atoms with Gasteiger partial charge in [-0.05, 0) is 16.7 Å². The highest BCUT2D eigenvalue weighted by atomic mass is 16.4. The van der Waals surface area contributed by atoms with Gasteiger partial charge in [0.1, 0.15) is 5.92 Å². The largest absolute Gasteiger partial charge is 0.481 e. The Labute approximate surface area is 121 Å². The molecule has 0 heterocycles. The molecule has 4 heteroatoms. The first kappa shape index (κ1) is 13.1. The van der Waals surface area contributed by atoms with Gasteiger partial charge in [-0.1, -0.05) is 54.6 Å². The number of rotatable bonds is 3. The molecule has 0 saturated heterocycles. The molecule has 21 heavy (non-hydrogen) atoms. The topological polar surface area (TPSA) is 74.6 Å². The lowest BCUT2D eigenvalue weighted by atomic mass is 9.95. The average molecular weight is 280 g/mol. The third-order valence-corrected chi connectivity index (χ3v) is 3.64. The average Bonchev–Trinajstić information content (AvgIpc) is 2.83. The van der Waals surface area contributed by atoms with Gasteiger partial charge in [-0.2, -0.15) is 0 Å². The summed E-state index contributed by atoms with van der Waals surface area (Å²) in [6.07, 6.45) is 0. The standard InChI is InChI=1S/C17H12O4/c18-16(19)14-12-9-5-4-8-11(12)13(15(14)17(20)21)10-6-2-1-3-7-10/h1-9,14H,(H,18,19)(H,20,21). The second-order valence-corrected chi connectivity index (χ2v) is 4.82. The van der Waals surface area contributed by atoms with Crippen LogP contribution in [-0.2, 0) is 9.59 Å². The van der Waals surface area contributed by atoms with Gasteiger partial charge in [-0.25, -0.2) is 4.79 Å². The summed E-state index contributed by atoms with van der Waals surface area (Å²) in [5, 5.41) is 19.0. The lowest BCUT2D eigenvalue weighted by molar-refractivity contribution is -0.141. The van der Waals surface area contributed by atoms with Gasteiger partial charge in [0.2, 0.25) is 0 Å². The van der Waals surface area contributed by atoms with Crippen LogP contribution in [0.5, 0.6) is 0 Å². The number of benzene rings is 2. The highest BCUT2D eigenvalue weighted by Crippen LogP contribution is 2.45. The van der Waals surface area contributed by atoms with Crippen molar-refractivity contribution in [1.29, 1.82) is 0 Å². The number of carboxylic acid groups (broad SMARTS) is 2. The molecule has 4 nitrogen and oxygen atoms in total. The lowest BCUT2D eigenvalue weighted by Crippen LogP contribution is -2.17. The molecule has 1 aliphatic carbocycles. The Morgan fingerprint density at radius 2 is 1.48 bits per heavy atom. The van der Waals surface area contributed by atoms with Crippen LogP contribution in [-0.4, -0.2) is 22.2 Å². The van der Waals surface area contributed by atoms with Crippen molar-refractivity contribution in [2.45, 2.75) is 5.92 Å². The summed E-state index contributed by atoms with van der Waals surface area (Å²) in [6, 6.07) is 16.0. The molecule has 0 spiro atoms. The molecule has 104 valence electrons. The van der Waals surface area contributed by atoms with Crippen LogP contribution in [0.25, 0.3) is 5.57 Å². The van der Waals surface area contributed by atoms with Crippen LogP contribution in [0.15, 0.2) is 60.2 Å². The zero-order chi connectivity index (χ0) is 15.0. The number of carboxylic acids is 2. The smallest absolute Gasteiger partial charge is 0.333 e. The first-order valence-corrected chi connectivity index (χ1v) is 6.46. The molecule has 0 amide bonds. The van der Waals surface area contributed by atoms with E-state index in [1.54, 1.807) is 48.5 Å². The number of hydrogen-bond acceptors (Lipinski definition) is 2. The fraction of sp³-hybridized carbons (Fsp3) is 0.0588. The lowest BCUT2D eigenvalue weighted by Gasteiger charge is -2.08. The molecular weight excluding hydrogens is 268 g/mol. The first-order chi connectivity index (χ1) is 10.1. The molecule has 1 aliphatic rings. The van der Waals surface area contributed by atoms with Crippen LogP contribution >= 0.6 is 0 Å². The third kappa shape index (κ3) is 2.01. The number of fused-ring (bicyclic) bond motifs is 1. The van der Waals surface area contributed by atoms with Crippen LogP contribution in [0.1, 0.15) is 22.6 Å². The summed E-state index contributed by atoms with van der Waals surface area (Å²) in [6.45, 7) is 0. The maximum absolute atomic E-state index is 11.6. The van der Waals surface area contributed by atoms with Gasteiger partial charge in [-0.3, -0.25) is 4.79 Å². The Morgan fingerprint density at radius 3 is 2.10 bits per heavy atom. The second-order valence-electron chi connectivity index (χ2n) is 4.82. The highest BCUT2D eigenvalue weighted by molar-refractivity contribution is 6.11. The normalized spacial score (nSPS) is 16.7. The molecular formula is C17H12O4. The van der Waals surface area contributed by atoms with E-state index in [4.69, 9.17) is 0 Å². The zero-order valence-corrected chi connectivity index (χ0v) is 11.0. The molecule has 0 aliphatic heterocycles. The van der Waals surface area contributed by atoms with E-state index in [9.17, 15) is 19.8 Å². The molecule has 2 aromatic carbocycles. The predicted octanol–water partition coefficient (Wildman–Crippen LogP) is 2.75. The molecule has 1 atom stereocenters. The van der Waals surface area contributed by atoms with Crippen molar-refractivity contribution >= 4 is 17.5 Å². The summed E-state index contributed by atoms with van der Waals surface area (Å²) >= 11 is 0. The van der Waals surface area contributed by atoms with Crippen molar-refractivity contribution in [2.24, 2.45) is 0 Å². The summed E-state index contributed by atoms with van der Waals surface area (Å²) in [5.41, 5.74) is 2.34. The molecule has 3 rings (SSSR count). The Bertz CT molecular complexity index is 759. The number of aliphatic carboxylic acids is 2. The van der Waals surface area contributed by atoms with Gasteiger partial charge in [-0.15, -0.1) is 0 Å². The minimum Gasteiger partial charge on any atom is -0.481 e. The Hall–Kier alpha value is -2.88. The fourth-order valence-corrected chi connectivity index (χ4v) is 2.82. The van der Waals surface area contributed by atoms with E-state index in [1.165, 1.54) is 0 Å². The Morgan fingerprint density at radius 1 is 0.857 bits per heavy atom. The van der Waals surface area contributed by atoms with Crippen molar-refractivity contribution < 1.29 is 19.8 Å². The molecule has 1 unspecified atom stereocenters. The van der Waals surface area contributed by atoms with Crippen molar-refractivity contribution in [1.82, 2.24) is 0 Å². The van der Waals surface area contributed by atoms with Crippen LogP contribution in [0.4, 0.5) is 0 Å². The van der Waals surface area contributed by atoms with Crippen molar-refractivity contribution in [3.8, 4) is 0 Å². The maximum Gasteiger partial charge on any atom is 0.333 e. The number of carbonyl (C=O) groups is 2. The summed E-state index contributed by atoms with van der Waals surface area (Å²) in [7, 11) is 0. The van der Waals surface area contributed by atoms with Gasteiger partial charge >= 0.3 is 11.9 Å². The predicted molar refractivity (Wildman–Crippen MR) is 76.9 cm³/mol. The molecule has 0 radical (unpaired) electrons. The highest BCUT2D eigenvalue weighted by Gasteiger charge is 2.40. The third-order valence-electron chi connectivity index (χ3n) is 3.64. The van der Waals surface area contributed by atoms with Gasteiger partial charge in [0.25, 0.3) is 0 Å².